The summed E-state index contributed by atoms with van der Waals surface area (Å²) in [4.78, 5) is 13.0. The van der Waals surface area contributed by atoms with Crippen molar-refractivity contribution in [2.24, 2.45) is 0 Å². The Balaban J connectivity index is 2.09. The average Bonchev–Trinajstić information content (AvgIpc) is 2.35. The van der Waals surface area contributed by atoms with Crippen molar-refractivity contribution in [3.8, 4) is 0 Å². The lowest BCUT2D eigenvalue weighted by molar-refractivity contribution is -0.137. The van der Waals surface area contributed by atoms with E-state index >= 15 is 0 Å². The van der Waals surface area contributed by atoms with Gasteiger partial charge in [-0.2, -0.15) is 0 Å². The highest BCUT2D eigenvalue weighted by Gasteiger charge is 2.21. The molecule has 1 aliphatic rings. The van der Waals surface area contributed by atoms with Crippen LogP contribution >= 0.6 is 0 Å². The van der Waals surface area contributed by atoms with Crippen LogP contribution in [0.4, 0.5) is 5.69 Å². The summed E-state index contributed by atoms with van der Waals surface area (Å²) in [5.41, 5.74) is 2.68. The van der Waals surface area contributed by atoms with E-state index in [1.807, 2.05) is 0 Å². The van der Waals surface area contributed by atoms with E-state index in [9.17, 15) is 4.79 Å². The molecule has 0 spiro atoms. The highest BCUT2D eigenvalue weighted by molar-refractivity contribution is 5.67. The normalized spacial score (nSPS) is 16.4. The van der Waals surface area contributed by atoms with Gasteiger partial charge in [-0.15, -0.1) is 0 Å². The molecule has 1 aliphatic heterocycles. The molecule has 0 aromatic heterocycles. The topological polar surface area (TPSA) is 40.5 Å². The van der Waals surface area contributed by atoms with Gasteiger partial charge in [0.15, 0.2) is 0 Å². The molecule has 1 heterocycles. The van der Waals surface area contributed by atoms with E-state index in [2.05, 4.69) is 36.1 Å². The fraction of sp³-hybridized carbons (Fsp3) is 0.500. The molecule has 0 amide bonds. The first-order chi connectivity index (χ1) is 8.18. The van der Waals surface area contributed by atoms with Crippen molar-refractivity contribution in [2.45, 2.75) is 38.6 Å². The Morgan fingerprint density at radius 1 is 1.47 bits per heavy atom. The van der Waals surface area contributed by atoms with Crippen molar-refractivity contribution in [3.63, 3.8) is 0 Å². The van der Waals surface area contributed by atoms with Gasteiger partial charge in [-0.3, -0.25) is 4.79 Å². The van der Waals surface area contributed by atoms with Crippen LogP contribution in [0.5, 0.6) is 0 Å². The van der Waals surface area contributed by atoms with E-state index in [1.54, 1.807) is 0 Å². The van der Waals surface area contributed by atoms with Crippen molar-refractivity contribution < 1.29 is 9.90 Å². The number of anilines is 1. The minimum absolute atomic E-state index is 0.250. The molecule has 1 unspecified atom stereocenters. The number of aryl methyl sites for hydroxylation is 1. The van der Waals surface area contributed by atoms with Gasteiger partial charge in [0.25, 0.3) is 0 Å². The number of benzene rings is 1. The molecular formula is C14H19NO2. The van der Waals surface area contributed by atoms with E-state index in [0.29, 0.717) is 12.5 Å². The molecule has 92 valence electrons. The number of carboxylic acid groups (broad SMARTS) is 1. The summed E-state index contributed by atoms with van der Waals surface area (Å²) in [6.45, 7) is 3.16. The van der Waals surface area contributed by atoms with Crippen molar-refractivity contribution in [1.29, 1.82) is 0 Å². The van der Waals surface area contributed by atoms with Crippen molar-refractivity contribution >= 4 is 11.7 Å². The highest BCUT2D eigenvalue weighted by Crippen LogP contribution is 2.29. The zero-order valence-electron chi connectivity index (χ0n) is 10.2. The second kappa shape index (κ2) is 5.21. The van der Waals surface area contributed by atoms with Gasteiger partial charge < -0.3 is 10.0 Å². The van der Waals surface area contributed by atoms with Gasteiger partial charge in [0.1, 0.15) is 0 Å². The van der Waals surface area contributed by atoms with Gasteiger partial charge >= 0.3 is 5.97 Å². The molecule has 0 saturated heterocycles. The number of hydrogen-bond donors (Lipinski definition) is 1. The van der Waals surface area contributed by atoms with Crippen molar-refractivity contribution in [3.05, 3.63) is 29.8 Å². The van der Waals surface area contributed by atoms with Crippen LogP contribution in [0.3, 0.4) is 0 Å². The Morgan fingerprint density at radius 3 is 3.00 bits per heavy atom. The van der Waals surface area contributed by atoms with E-state index in [0.717, 1.165) is 19.4 Å². The van der Waals surface area contributed by atoms with E-state index in [-0.39, 0.29) is 6.42 Å². The van der Waals surface area contributed by atoms with Crippen molar-refractivity contribution in [2.75, 3.05) is 11.4 Å². The van der Waals surface area contributed by atoms with Crippen LogP contribution in [-0.4, -0.2) is 23.7 Å². The molecule has 1 aromatic carbocycles. The molecule has 3 nitrogen and oxygen atoms in total. The fourth-order valence-corrected chi connectivity index (χ4v) is 2.51. The molecule has 2 rings (SSSR count). The first kappa shape index (κ1) is 12.0. The quantitative estimate of drug-likeness (QED) is 0.869. The lowest BCUT2D eigenvalue weighted by atomic mass is 9.99. The number of aliphatic carboxylic acids is 1. The molecule has 1 N–H and O–H groups in total. The monoisotopic (exact) mass is 233 g/mol. The maximum atomic E-state index is 10.6. The van der Waals surface area contributed by atoms with Gasteiger partial charge in [0, 0.05) is 24.7 Å². The highest BCUT2D eigenvalue weighted by atomic mass is 16.4. The summed E-state index contributed by atoms with van der Waals surface area (Å²) in [5.74, 6) is -0.706. The Kier molecular flexibility index (Phi) is 3.67. The maximum absolute atomic E-state index is 10.6. The van der Waals surface area contributed by atoms with Crippen LogP contribution in [0.15, 0.2) is 24.3 Å². The summed E-state index contributed by atoms with van der Waals surface area (Å²) in [5, 5.41) is 8.74. The lowest BCUT2D eigenvalue weighted by Crippen LogP contribution is -2.37. The van der Waals surface area contributed by atoms with Crippen LogP contribution < -0.4 is 4.90 Å². The largest absolute Gasteiger partial charge is 0.481 e. The summed E-state index contributed by atoms with van der Waals surface area (Å²) in [6, 6.07) is 8.75. The Labute approximate surface area is 102 Å². The number of para-hydroxylation sites is 1. The number of rotatable bonds is 4. The van der Waals surface area contributed by atoms with E-state index in [1.165, 1.54) is 11.3 Å². The van der Waals surface area contributed by atoms with Gasteiger partial charge in [0.05, 0.1) is 0 Å². The van der Waals surface area contributed by atoms with E-state index < -0.39 is 5.97 Å². The minimum Gasteiger partial charge on any atom is -0.481 e. The minimum atomic E-state index is -0.706. The first-order valence-electron chi connectivity index (χ1n) is 6.25. The molecule has 0 fully saturated rings. The maximum Gasteiger partial charge on any atom is 0.303 e. The second-order valence-electron chi connectivity index (χ2n) is 4.71. The molecule has 3 heteroatoms. The number of fused-ring (bicyclic) bond motifs is 1. The fourth-order valence-electron chi connectivity index (χ4n) is 2.51. The lowest BCUT2D eigenvalue weighted by Gasteiger charge is -2.36. The summed E-state index contributed by atoms with van der Waals surface area (Å²) in [6.07, 6.45) is 3.26. The number of carbonyl (C=O) groups is 1. The van der Waals surface area contributed by atoms with Gasteiger partial charge in [-0.05, 0) is 37.8 Å². The van der Waals surface area contributed by atoms with Crippen LogP contribution in [0.1, 0.15) is 31.7 Å². The molecule has 0 saturated carbocycles. The van der Waals surface area contributed by atoms with Crippen molar-refractivity contribution in [1.82, 2.24) is 0 Å². The SMILES string of the molecule is CC(CCC(=O)O)N1CCCc2ccccc21. The van der Waals surface area contributed by atoms with Gasteiger partial charge in [-0.1, -0.05) is 18.2 Å². The zero-order chi connectivity index (χ0) is 12.3. The van der Waals surface area contributed by atoms with Crippen LogP contribution in [-0.2, 0) is 11.2 Å². The Morgan fingerprint density at radius 2 is 2.24 bits per heavy atom. The van der Waals surface area contributed by atoms with Crippen LogP contribution in [0.2, 0.25) is 0 Å². The molecule has 0 aliphatic carbocycles. The molecule has 17 heavy (non-hydrogen) atoms. The standard InChI is InChI=1S/C14H19NO2/c1-11(8-9-14(16)17)15-10-4-6-12-5-2-3-7-13(12)15/h2-3,5,7,11H,4,6,8-10H2,1H3,(H,16,17). The van der Waals surface area contributed by atoms with E-state index in [4.69, 9.17) is 5.11 Å². The number of nitrogens with zero attached hydrogens (tertiary/aromatic N) is 1. The summed E-state index contributed by atoms with van der Waals surface area (Å²) in [7, 11) is 0. The Hall–Kier alpha value is -1.51. The summed E-state index contributed by atoms with van der Waals surface area (Å²) < 4.78 is 0. The predicted octanol–water partition coefficient (Wildman–Crippen LogP) is 2.69. The second-order valence-corrected chi connectivity index (χ2v) is 4.71. The molecule has 0 bridgehead atoms. The summed E-state index contributed by atoms with van der Waals surface area (Å²) >= 11 is 0. The predicted molar refractivity (Wildman–Crippen MR) is 68.4 cm³/mol. The smallest absolute Gasteiger partial charge is 0.303 e. The molecule has 1 atom stereocenters. The zero-order valence-corrected chi connectivity index (χ0v) is 10.2. The van der Waals surface area contributed by atoms with Crippen LogP contribution in [0.25, 0.3) is 0 Å². The molecule has 1 aromatic rings. The molecule has 0 radical (unpaired) electrons. The number of carboxylic acids is 1. The number of hydrogen-bond acceptors (Lipinski definition) is 2. The Bertz CT molecular complexity index is 403. The average molecular weight is 233 g/mol. The third kappa shape index (κ3) is 2.78. The van der Waals surface area contributed by atoms with Gasteiger partial charge in [-0.25, -0.2) is 0 Å². The third-order valence-electron chi connectivity index (χ3n) is 3.45. The third-order valence-corrected chi connectivity index (χ3v) is 3.45. The molecular weight excluding hydrogens is 214 g/mol. The first-order valence-corrected chi connectivity index (χ1v) is 6.25. The van der Waals surface area contributed by atoms with Crippen LogP contribution in [0, 0.1) is 0 Å². The van der Waals surface area contributed by atoms with Gasteiger partial charge in [0.2, 0.25) is 0 Å².